The van der Waals surface area contributed by atoms with Crippen LogP contribution in [0.3, 0.4) is 0 Å². The Kier molecular flexibility index (Phi) is 6.58. The molecule has 28 heavy (non-hydrogen) atoms. The molecule has 0 radical (unpaired) electrons. The number of nitrogens with zero attached hydrogens (tertiary/aromatic N) is 2. The molecule has 0 bridgehead atoms. The van der Waals surface area contributed by atoms with E-state index in [0.29, 0.717) is 38.3 Å². The number of benzene rings is 1. The van der Waals surface area contributed by atoms with E-state index in [1.807, 2.05) is 19.9 Å². The van der Waals surface area contributed by atoms with Gasteiger partial charge in [-0.05, 0) is 49.1 Å². The largest absolute Gasteiger partial charge is 0.423 e. The fourth-order valence-corrected chi connectivity index (χ4v) is 5.23. The Labute approximate surface area is 167 Å². The van der Waals surface area contributed by atoms with Crippen molar-refractivity contribution in [2.45, 2.75) is 46.6 Å². The van der Waals surface area contributed by atoms with Gasteiger partial charge in [-0.3, -0.25) is 4.90 Å². The van der Waals surface area contributed by atoms with Gasteiger partial charge in [0.2, 0.25) is 10.0 Å². The molecule has 0 atom stereocenters. The lowest BCUT2D eigenvalue weighted by Crippen LogP contribution is -2.48. The van der Waals surface area contributed by atoms with E-state index in [9.17, 15) is 13.2 Å². The van der Waals surface area contributed by atoms with Crippen LogP contribution in [-0.4, -0.2) is 49.6 Å². The van der Waals surface area contributed by atoms with E-state index < -0.39 is 10.0 Å². The molecule has 1 fully saturated rings. The Morgan fingerprint density at radius 1 is 1.00 bits per heavy atom. The van der Waals surface area contributed by atoms with Crippen molar-refractivity contribution in [2.24, 2.45) is 0 Å². The summed E-state index contributed by atoms with van der Waals surface area (Å²) in [5.41, 5.74) is 3.46. The number of aryl methyl sites for hydroxylation is 2. The molecule has 1 aromatic heterocycles. The number of sulfonamides is 1. The lowest BCUT2D eigenvalue weighted by molar-refractivity contribution is 0.182. The van der Waals surface area contributed by atoms with Crippen LogP contribution in [-0.2, 0) is 16.6 Å². The van der Waals surface area contributed by atoms with Crippen LogP contribution in [0, 0.1) is 13.8 Å². The van der Waals surface area contributed by atoms with E-state index in [1.165, 1.54) is 0 Å². The fraction of sp³-hybridized carbons (Fsp3) is 0.571. The second kappa shape index (κ2) is 8.76. The molecule has 6 nitrogen and oxygen atoms in total. The Hall–Kier alpha value is -1.70. The number of hydrogen-bond donors (Lipinski definition) is 0. The van der Waals surface area contributed by atoms with Gasteiger partial charge in [-0.2, -0.15) is 4.31 Å². The lowest BCUT2D eigenvalue weighted by Gasteiger charge is -2.34. The number of hydrogen-bond acceptors (Lipinski definition) is 5. The van der Waals surface area contributed by atoms with Crippen LogP contribution < -0.4 is 5.63 Å². The molecule has 0 spiro atoms. The van der Waals surface area contributed by atoms with Gasteiger partial charge < -0.3 is 4.42 Å². The van der Waals surface area contributed by atoms with Crippen molar-refractivity contribution in [3.8, 4) is 0 Å². The molecule has 0 saturated carbocycles. The van der Waals surface area contributed by atoms with E-state index >= 15 is 0 Å². The van der Waals surface area contributed by atoms with E-state index in [0.717, 1.165) is 41.3 Å². The Morgan fingerprint density at radius 2 is 1.68 bits per heavy atom. The number of piperazine rings is 1. The van der Waals surface area contributed by atoms with Crippen molar-refractivity contribution in [3.05, 3.63) is 45.3 Å². The normalized spacial score (nSPS) is 16.7. The van der Waals surface area contributed by atoms with Gasteiger partial charge in [0.05, 0.1) is 5.75 Å². The van der Waals surface area contributed by atoms with Crippen LogP contribution in [0.4, 0.5) is 0 Å². The maximum absolute atomic E-state index is 12.5. The molecule has 7 heteroatoms. The average molecular weight is 407 g/mol. The maximum Gasteiger partial charge on any atom is 0.336 e. The number of unbranched alkanes of at least 4 members (excludes halogenated alkanes) is 2. The monoisotopic (exact) mass is 406 g/mol. The highest BCUT2D eigenvalue weighted by atomic mass is 32.2. The lowest BCUT2D eigenvalue weighted by atomic mass is 10.0. The van der Waals surface area contributed by atoms with E-state index in [4.69, 9.17) is 4.42 Å². The standard InChI is InChI=1S/C21H30N2O4S/c1-4-5-6-11-28(25,26)23-9-7-22(8-10-23)15-18-14-21(24)27-20-13-17(3)16(2)12-19(18)20/h12-14H,4-11,15H2,1-3H3. The Morgan fingerprint density at radius 3 is 2.36 bits per heavy atom. The summed E-state index contributed by atoms with van der Waals surface area (Å²) in [7, 11) is -3.16. The average Bonchev–Trinajstić information content (AvgIpc) is 2.64. The van der Waals surface area contributed by atoms with Crippen LogP contribution in [0.2, 0.25) is 0 Å². The molecule has 154 valence electrons. The first kappa shape index (κ1) is 21.0. The summed E-state index contributed by atoms with van der Waals surface area (Å²) in [6.45, 7) is 9.08. The van der Waals surface area contributed by atoms with Crippen molar-refractivity contribution in [2.75, 3.05) is 31.9 Å². The predicted molar refractivity (Wildman–Crippen MR) is 112 cm³/mol. The third-order valence-electron chi connectivity index (χ3n) is 5.57. The summed E-state index contributed by atoms with van der Waals surface area (Å²) in [6.07, 6.45) is 2.69. The molecule has 0 amide bonds. The molecule has 2 heterocycles. The van der Waals surface area contributed by atoms with Gasteiger partial charge in [0, 0.05) is 44.2 Å². The summed E-state index contributed by atoms with van der Waals surface area (Å²) >= 11 is 0. The van der Waals surface area contributed by atoms with Crippen molar-refractivity contribution in [1.29, 1.82) is 0 Å². The third kappa shape index (κ3) is 4.82. The minimum atomic E-state index is -3.16. The molecule has 1 aliphatic heterocycles. The molecular weight excluding hydrogens is 376 g/mol. The number of fused-ring (bicyclic) bond motifs is 1. The smallest absolute Gasteiger partial charge is 0.336 e. The van der Waals surface area contributed by atoms with E-state index in [2.05, 4.69) is 17.9 Å². The molecular formula is C21H30N2O4S. The molecule has 1 saturated heterocycles. The molecule has 2 aromatic rings. The summed E-state index contributed by atoms with van der Waals surface area (Å²) in [5, 5.41) is 0.956. The summed E-state index contributed by atoms with van der Waals surface area (Å²) in [5.74, 6) is 0.240. The quantitative estimate of drug-likeness (QED) is 0.522. The van der Waals surface area contributed by atoms with Crippen molar-refractivity contribution in [3.63, 3.8) is 0 Å². The highest BCUT2D eigenvalue weighted by Gasteiger charge is 2.26. The zero-order valence-electron chi connectivity index (χ0n) is 17.0. The summed E-state index contributed by atoms with van der Waals surface area (Å²) in [6, 6.07) is 5.54. The van der Waals surface area contributed by atoms with E-state index in [1.54, 1.807) is 10.4 Å². The maximum atomic E-state index is 12.5. The fourth-order valence-electron chi connectivity index (χ4n) is 3.68. The molecule has 0 N–H and O–H groups in total. The first-order chi connectivity index (χ1) is 13.3. The van der Waals surface area contributed by atoms with Gasteiger partial charge in [0.1, 0.15) is 5.58 Å². The molecule has 3 rings (SSSR count). The molecule has 0 unspecified atom stereocenters. The van der Waals surface area contributed by atoms with Crippen LogP contribution in [0.25, 0.3) is 11.0 Å². The van der Waals surface area contributed by atoms with Gasteiger partial charge in [0.25, 0.3) is 0 Å². The van der Waals surface area contributed by atoms with Gasteiger partial charge in [-0.25, -0.2) is 13.2 Å². The minimum absolute atomic E-state index is 0.240. The van der Waals surface area contributed by atoms with Crippen molar-refractivity contribution in [1.82, 2.24) is 9.21 Å². The Balaban J connectivity index is 1.70. The van der Waals surface area contributed by atoms with Gasteiger partial charge >= 0.3 is 5.63 Å². The zero-order chi connectivity index (χ0) is 20.3. The van der Waals surface area contributed by atoms with E-state index in [-0.39, 0.29) is 11.4 Å². The summed E-state index contributed by atoms with van der Waals surface area (Å²) in [4.78, 5) is 14.2. The van der Waals surface area contributed by atoms with Crippen LogP contribution in [0.5, 0.6) is 0 Å². The second-order valence-corrected chi connectivity index (χ2v) is 9.81. The van der Waals surface area contributed by atoms with Crippen LogP contribution >= 0.6 is 0 Å². The van der Waals surface area contributed by atoms with Crippen molar-refractivity contribution < 1.29 is 12.8 Å². The topological polar surface area (TPSA) is 70.8 Å². The molecule has 1 aromatic carbocycles. The second-order valence-electron chi connectivity index (χ2n) is 7.72. The first-order valence-corrected chi connectivity index (χ1v) is 11.6. The number of rotatable bonds is 7. The van der Waals surface area contributed by atoms with Crippen LogP contribution in [0.1, 0.15) is 42.9 Å². The molecule has 0 aliphatic carbocycles. The van der Waals surface area contributed by atoms with Gasteiger partial charge in [-0.1, -0.05) is 19.8 Å². The highest BCUT2D eigenvalue weighted by Crippen LogP contribution is 2.23. The Bertz CT molecular complexity index is 989. The predicted octanol–water partition coefficient (Wildman–Crippen LogP) is 3.05. The first-order valence-electron chi connectivity index (χ1n) is 10.0. The highest BCUT2D eigenvalue weighted by molar-refractivity contribution is 7.89. The molecule has 1 aliphatic rings. The minimum Gasteiger partial charge on any atom is -0.423 e. The zero-order valence-corrected chi connectivity index (χ0v) is 17.8. The third-order valence-corrected chi connectivity index (χ3v) is 7.53. The van der Waals surface area contributed by atoms with Crippen LogP contribution in [0.15, 0.2) is 27.4 Å². The SMILES string of the molecule is CCCCCS(=O)(=O)N1CCN(Cc2cc(=O)oc3cc(C)c(C)cc23)CC1. The van der Waals surface area contributed by atoms with Gasteiger partial charge in [-0.15, -0.1) is 0 Å². The van der Waals surface area contributed by atoms with Crippen molar-refractivity contribution >= 4 is 21.0 Å². The van der Waals surface area contributed by atoms with Gasteiger partial charge in [0.15, 0.2) is 0 Å². The summed E-state index contributed by atoms with van der Waals surface area (Å²) < 4.78 is 31.9.